The molecule has 0 radical (unpaired) electrons. The van der Waals surface area contributed by atoms with Crippen molar-refractivity contribution in [3.8, 4) is 0 Å². The van der Waals surface area contributed by atoms with Gasteiger partial charge in [-0.15, -0.1) is 0 Å². The zero-order valence-corrected chi connectivity index (χ0v) is 13.6. The van der Waals surface area contributed by atoms with Gasteiger partial charge in [-0.3, -0.25) is 9.59 Å². The Morgan fingerprint density at radius 1 is 1.27 bits per heavy atom. The number of rotatable bonds is 4. The summed E-state index contributed by atoms with van der Waals surface area (Å²) < 4.78 is 0. The van der Waals surface area contributed by atoms with Crippen LogP contribution in [0.4, 0.5) is 5.69 Å². The van der Waals surface area contributed by atoms with Crippen molar-refractivity contribution in [2.75, 3.05) is 11.9 Å². The number of hydrogen-bond donors (Lipinski definition) is 2. The van der Waals surface area contributed by atoms with Gasteiger partial charge in [-0.1, -0.05) is 0 Å². The number of nitrogens with two attached hydrogens (primary N) is 1. The fourth-order valence-electron chi connectivity index (χ4n) is 3.19. The molecule has 0 saturated carbocycles. The highest BCUT2D eigenvalue weighted by Crippen LogP contribution is 2.23. The maximum absolute atomic E-state index is 12.5. The average Bonchev–Trinajstić information content (AvgIpc) is 2.45. The first kappa shape index (κ1) is 16.3. The lowest BCUT2D eigenvalue weighted by atomic mass is 9.97. The third-order valence-electron chi connectivity index (χ3n) is 4.42. The van der Waals surface area contributed by atoms with Gasteiger partial charge in [-0.2, -0.15) is 0 Å². The summed E-state index contributed by atoms with van der Waals surface area (Å²) in [7, 11) is 0. The van der Waals surface area contributed by atoms with E-state index < -0.39 is 5.91 Å². The van der Waals surface area contributed by atoms with Crippen molar-refractivity contribution < 1.29 is 9.59 Å². The highest BCUT2D eigenvalue weighted by Gasteiger charge is 2.28. The summed E-state index contributed by atoms with van der Waals surface area (Å²) in [6.07, 6.45) is 3.33. The van der Waals surface area contributed by atoms with Crippen LogP contribution in [0.5, 0.6) is 0 Å². The summed E-state index contributed by atoms with van der Waals surface area (Å²) >= 11 is 0. The number of nitrogens with one attached hydrogen (secondary N) is 1. The first-order valence-electron chi connectivity index (χ1n) is 7.85. The molecule has 0 aliphatic carbocycles. The van der Waals surface area contributed by atoms with E-state index in [1.54, 1.807) is 18.2 Å². The van der Waals surface area contributed by atoms with Crippen LogP contribution >= 0.6 is 0 Å². The summed E-state index contributed by atoms with van der Waals surface area (Å²) in [6, 6.07) is 5.81. The molecule has 1 aliphatic heterocycles. The third kappa shape index (κ3) is 3.59. The van der Waals surface area contributed by atoms with Gasteiger partial charge < -0.3 is 16.0 Å². The minimum atomic E-state index is -0.443. The van der Waals surface area contributed by atoms with E-state index in [1.165, 1.54) is 6.42 Å². The predicted octanol–water partition coefficient (Wildman–Crippen LogP) is 2.30. The lowest BCUT2D eigenvalue weighted by Gasteiger charge is -2.39. The van der Waals surface area contributed by atoms with E-state index in [-0.39, 0.29) is 12.5 Å². The van der Waals surface area contributed by atoms with Gasteiger partial charge in [-0.25, -0.2) is 0 Å². The molecule has 2 rings (SSSR count). The number of likely N-dealkylation sites (tertiary alicyclic amines) is 1. The van der Waals surface area contributed by atoms with Crippen LogP contribution in [0.3, 0.4) is 0 Å². The van der Waals surface area contributed by atoms with Gasteiger partial charge >= 0.3 is 0 Å². The minimum absolute atomic E-state index is 0.123. The Kier molecular flexibility index (Phi) is 5.06. The van der Waals surface area contributed by atoms with E-state index in [0.29, 0.717) is 17.6 Å². The fraction of sp³-hybridized carbons (Fsp3) is 0.529. The van der Waals surface area contributed by atoms with E-state index >= 15 is 0 Å². The second kappa shape index (κ2) is 6.81. The van der Waals surface area contributed by atoms with Gasteiger partial charge in [0.2, 0.25) is 11.8 Å². The molecule has 120 valence electrons. The van der Waals surface area contributed by atoms with Gasteiger partial charge in [0, 0.05) is 23.3 Å². The van der Waals surface area contributed by atoms with Crippen molar-refractivity contribution in [3.05, 3.63) is 29.3 Å². The Bertz CT molecular complexity index is 561. The second-order valence-electron chi connectivity index (χ2n) is 6.18. The molecule has 1 saturated heterocycles. The van der Waals surface area contributed by atoms with Crippen LogP contribution < -0.4 is 11.1 Å². The van der Waals surface area contributed by atoms with Crippen LogP contribution in [-0.4, -0.2) is 35.3 Å². The van der Waals surface area contributed by atoms with Gasteiger partial charge in [-0.05, 0) is 63.8 Å². The van der Waals surface area contributed by atoms with Gasteiger partial charge in [0.15, 0.2) is 0 Å². The Labute approximate surface area is 131 Å². The zero-order valence-electron chi connectivity index (χ0n) is 13.6. The standard InChI is InChI=1S/C17H25N3O2/c1-11-9-14(17(18)22)7-8-15(11)19-10-16(21)20-12(2)5-4-6-13(20)3/h7-9,12-13,19H,4-6,10H2,1-3H3,(H2,18,22). The van der Waals surface area contributed by atoms with E-state index in [9.17, 15) is 9.59 Å². The van der Waals surface area contributed by atoms with E-state index in [4.69, 9.17) is 5.73 Å². The monoisotopic (exact) mass is 303 g/mol. The summed E-state index contributed by atoms with van der Waals surface area (Å²) in [5.41, 5.74) is 7.51. The summed E-state index contributed by atoms with van der Waals surface area (Å²) in [6.45, 7) is 6.39. The Hall–Kier alpha value is -2.04. The van der Waals surface area contributed by atoms with Crippen LogP contribution in [0.1, 0.15) is 49.0 Å². The Morgan fingerprint density at radius 2 is 1.91 bits per heavy atom. The molecule has 0 spiro atoms. The number of piperidine rings is 1. The van der Waals surface area contributed by atoms with Crippen LogP contribution in [0.25, 0.3) is 0 Å². The van der Waals surface area contributed by atoms with Crippen molar-refractivity contribution in [3.63, 3.8) is 0 Å². The number of amides is 2. The number of carbonyl (C=O) groups is 2. The first-order chi connectivity index (χ1) is 10.4. The highest BCUT2D eigenvalue weighted by atomic mass is 16.2. The summed E-state index contributed by atoms with van der Waals surface area (Å²) in [5.74, 6) is -0.320. The molecule has 2 amide bonds. The molecule has 1 aliphatic rings. The van der Waals surface area contributed by atoms with Crippen molar-refractivity contribution in [1.82, 2.24) is 4.90 Å². The smallest absolute Gasteiger partial charge is 0.248 e. The molecule has 2 atom stereocenters. The molecule has 2 unspecified atom stereocenters. The van der Waals surface area contributed by atoms with Crippen LogP contribution in [0.15, 0.2) is 18.2 Å². The quantitative estimate of drug-likeness (QED) is 0.896. The topological polar surface area (TPSA) is 75.4 Å². The number of hydrogen-bond acceptors (Lipinski definition) is 3. The fourth-order valence-corrected chi connectivity index (χ4v) is 3.19. The molecule has 1 aromatic carbocycles. The van der Waals surface area contributed by atoms with Crippen molar-refractivity contribution in [2.45, 2.75) is 52.1 Å². The van der Waals surface area contributed by atoms with Crippen LogP contribution in [0, 0.1) is 6.92 Å². The number of benzene rings is 1. The van der Waals surface area contributed by atoms with Crippen molar-refractivity contribution >= 4 is 17.5 Å². The lowest BCUT2D eigenvalue weighted by Crippen LogP contribution is -2.49. The molecule has 5 heteroatoms. The molecule has 1 aromatic rings. The average molecular weight is 303 g/mol. The highest BCUT2D eigenvalue weighted by molar-refractivity contribution is 5.93. The Morgan fingerprint density at radius 3 is 2.45 bits per heavy atom. The van der Waals surface area contributed by atoms with Gasteiger partial charge in [0.1, 0.15) is 0 Å². The molecule has 5 nitrogen and oxygen atoms in total. The second-order valence-corrected chi connectivity index (χ2v) is 6.18. The maximum atomic E-state index is 12.5. The van der Waals surface area contributed by atoms with Crippen molar-refractivity contribution in [2.24, 2.45) is 5.73 Å². The molecule has 3 N–H and O–H groups in total. The zero-order chi connectivity index (χ0) is 16.3. The van der Waals surface area contributed by atoms with E-state index in [1.807, 2.05) is 11.8 Å². The normalized spacial score (nSPS) is 21.5. The van der Waals surface area contributed by atoms with Crippen molar-refractivity contribution in [1.29, 1.82) is 0 Å². The molecular weight excluding hydrogens is 278 g/mol. The number of primary amides is 1. The first-order valence-corrected chi connectivity index (χ1v) is 7.85. The number of anilines is 1. The molecule has 1 fully saturated rings. The number of aryl methyl sites for hydroxylation is 1. The SMILES string of the molecule is Cc1cc(C(N)=O)ccc1NCC(=O)N1C(C)CCCC1C. The molecular formula is C17H25N3O2. The summed E-state index contributed by atoms with van der Waals surface area (Å²) in [5, 5.41) is 3.17. The molecule has 0 bridgehead atoms. The van der Waals surface area contributed by atoms with Gasteiger partial charge in [0.05, 0.1) is 6.54 Å². The lowest BCUT2D eigenvalue weighted by molar-refractivity contribution is -0.135. The summed E-state index contributed by atoms with van der Waals surface area (Å²) in [4.78, 5) is 25.6. The molecule has 1 heterocycles. The van der Waals surface area contributed by atoms with E-state index in [0.717, 1.165) is 24.1 Å². The third-order valence-corrected chi connectivity index (χ3v) is 4.42. The minimum Gasteiger partial charge on any atom is -0.376 e. The van der Waals surface area contributed by atoms with Crippen LogP contribution in [-0.2, 0) is 4.79 Å². The van der Waals surface area contributed by atoms with E-state index in [2.05, 4.69) is 19.2 Å². The Balaban J connectivity index is 2.00. The molecule has 22 heavy (non-hydrogen) atoms. The largest absolute Gasteiger partial charge is 0.376 e. The maximum Gasteiger partial charge on any atom is 0.248 e. The van der Waals surface area contributed by atoms with Crippen LogP contribution in [0.2, 0.25) is 0 Å². The number of nitrogens with zero attached hydrogens (tertiary/aromatic N) is 1. The molecule has 0 aromatic heterocycles. The predicted molar refractivity (Wildman–Crippen MR) is 87.8 cm³/mol. The van der Waals surface area contributed by atoms with Gasteiger partial charge in [0.25, 0.3) is 0 Å². The number of carbonyl (C=O) groups excluding carboxylic acids is 2.